The molecule has 0 unspecified atom stereocenters. The number of hydrogen-bond donors (Lipinski definition) is 0. The first-order valence-electron chi connectivity index (χ1n) is 14.1. The first kappa shape index (κ1) is 32.6. The molecule has 1 aliphatic carbocycles. The van der Waals surface area contributed by atoms with Crippen LogP contribution >= 0.6 is 0 Å². The molecule has 206 valence electrons. The van der Waals surface area contributed by atoms with Gasteiger partial charge in [-0.05, 0) is 57.4 Å². The molecule has 0 N–H and O–H groups in total. The fourth-order valence-corrected chi connectivity index (χ4v) is 4.26. The van der Waals surface area contributed by atoms with E-state index in [9.17, 15) is 0 Å². The highest BCUT2D eigenvalue weighted by atomic mass is 16.6. The topological polar surface area (TPSA) is 36.9 Å². The van der Waals surface area contributed by atoms with E-state index < -0.39 is 0 Å². The Balaban J connectivity index is 2.08. The molecule has 0 radical (unpaired) electrons. The summed E-state index contributed by atoms with van der Waals surface area (Å²) in [6.45, 7) is 18.6. The molecule has 0 aromatic rings. The van der Waals surface area contributed by atoms with E-state index in [-0.39, 0.29) is 5.41 Å². The van der Waals surface area contributed by atoms with Gasteiger partial charge in [0.2, 0.25) is 0 Å². The molecule has 0 saturated heterocycles. The van der Waals surface area contributed by atoms with Gasteiger partial charge in [0, 0.05) is 6.61 Å². The molecule has 0 heterocycles. The lowest BCUT2D eigenvalue weighted by atomic mass is 9.72. The van der Waals surface area contributed by atoms with Crippen LogP contribution in [0.5, 0.6) is 0 Å². The van der Waals surface area contributed by atoms with Gasteiger partial charge in [-0.1, -0.05) is 93.2 Å². The average Bonchev–Trinajstić information content (AvgIpc) is 2.83. The van der Waals surface area contributed by atoms with Crippen LogP contribution in [0.4, 0.5) is 0 Å². The summed E-state index contributed by atoms with van der Waals surface area (Å²) in [4.78, 5) is 0. The molecule has 1 rings (SSSR count). The molecule has 4 heteroatoms. The van der Waals surface area contributed by atoms with Crippen LogP contribution in [0.3, 0.4) is 0 Å². The Morgan fingerprint density at radius 1 is 0.806 bits per heavy atom. The minimum atomic E-state index is 0.287. The van der Waals surface area contributed by atoms with Crippen LogP contribution in [0.1, 0.15) is 86.5 Å². The van der Waals surface area contributed by atoms with Crippen molar-refractivity contribution in [3.63, 3.8) is 0 Å². The highest BCUT2D eigenvalue weighted by Gasteiger charge is 2.26. The quantitative estimate of drug-likeness (QED) is 0.124. The maximum Gasteiger partial charge on any atom is 0.0704 e. The Bertz CT molecular complexity index is 724. The molecule has 0 fully saturated rings. The third-order valence-electron chi connectivity index (χ3n) is 6.56. The normalized spacial score (nSPS) is 17.2. The van der Waals surface area contributed by atoms with Gasteiger partial charge in [0.1, 0.15) is 0 Å². The molecular weight excluding hydrogens is 448 g/mol. The van der Waals surface area contributed by atoms with E-state index in [2.05, 4.69) is 78.0 Å². The molecule has 0 saturated carbocycles. The summed E-state index contributed by atoms with van der Waals surface area (Å²) < 4.78 is 22.2. The van der Waals surface area contributed by atoms with Crippen molar-refractivity contribution in [1.82, 2.24) is 0 Å². The molecule has 0 amide bonds. The summed E-state index contributed by atoms with van der Waals surface area (Å²) in [5, 5.41) is 0. The summed E-state index contributed by atoms with van der Waals surface area (Å²) in [5.74, 6) is 0. The van der Waals surface area contributed by atoms with Crippen LogP contribution in [0, 0.1) is 5.41 Å². The number of hydrogen-bond acceptors (Lipinski definition) is 4. The molecule has 0 aromatic heterocycles. The Hall–Kier alpha value is -1.46. The van der Waals surface area contributed by atoms with E-state index in [4.69, 9.17) is 18.9 Å². The van der Waals surface area contributed by atoms with Crippen LogP contribution in [0.25, 0.3) is 0 Å². The number of ether oxygens (including phenoxy) is 4. The minimum absolute atomic E-state index is 0.287. The van der Waals surface area contributed by atoms with Crippen molar-refractivity contribution in [1.29, 1.82) is 0 Å². The number of allylic oxidation sites excluding steroid dienone is 9. The SMILES string of the molecule is CCCCCCOCCOCCOCCOC/C=C(C)/C=C/C=C(C)/C=C/C1=C(C)CCCC1(C)C. The zero-order valence-corrected chi connectivity index (χ0v) is 24.2. The zero-order chi connectivity index (χ0) is 26.5. The van der Waals surface area contributed by atoms with Crippen LogP contribution in [-0.4, -0.2) is 52.9 Å². The van der Waals surface area contributed by atoms with Gasteiger partial charge >= 0.3 is 0 Å². The van der Waals surface area contributed by atoms with Crippen molar-refractivity contribution in [2.75, 3.05) is 52.9 Å². The predicted molar refractivity (Wildman–Crippen MR) is 154 cm³/mol. The van der Waals surface area contributed by atoms with E-state index in [1.54, 1.807) is 0 Å². The van der Waals surface area contributed by atoms with Crippen molar-refractivity contribution in [3.8, 4) is 0 Å². The third kappa shape index (κ3) is 16.3. The molecule has 1 aliphatic rings. The second-order valence-electron chi connectivity index (χ2n) is 10.5. The second kappa shape index (κ2) is 20.6. The van der Waals surface area contributed by atoms with E-state index in [1.165, 1.54) is 60.8 Å². The Kier molecular flexibility index (Phi) is 18.6. The molecule has 36 heavy (non-hydrogen) atoms. The van der Waals surface area contributed by atoms with Crippen molar-refractivity contribution in [2.24, 2.45) is 5.41 Å². The van der Waals surface area contributed by atoms with E-state index in [0.717, 1.165) is 13.0 Å². The van der Waals surface area contributed by atoms with E-state index in [1.807, 2.05) is 0 Å². The van der Waals surface area contributed by atoms with Crippen LogP contribution in [-0.2, 0) is 18.9 Å². The Morgan fingerprint density at radius 3 is 2.08 bits per heavy atom. The lowest BCUT2D eigenvalue weighted by Gasteiger charge is -2.32. The molecule has 0 aromatic carbocycles. The molecule has 0 spiro atoms. The monoisotopic (exact) mass is 502 g/mol. The van der Waals surface area contributed by atoms with Crippen molar-refractivity contribution >= 4 is 0 Å². The third-order valence-corrected chi connectivity index (χ3v) is 6.56. The van der Waals surface area contributed by atoms with Gasteiger partial charge in [-0.25, -0.2) is 0 Å². The fourth-order valence-electron chi connectivity index (χ4n) is 4.26. The van der Waals surface area contributed by atoms with Crippen LogP contribution in [0.2, 0.25) is 0 Å². The predicted octanol–water partition coefficient (Wildman–Crippen LogP) is 8.16. The lowest BCUT2D eigenvalue weighted by molar-refractivity contribution is 0.000497. The van der Waals surface area contributed by atoms with Gasteiger partial charge in [0.05, 0.1) is 46.2 Å². The molecule has 0 atom stereocenters. The smallest absolute Gasteiger partial charge is 0.0704 e. The fraction of sp³-hybridized carbons (Fsp3) is 0.688. The van der Waals surface area contributed by atoms with Gasteiger partial charge < -0.3 is 18.9 Å². The lowest BCUT2D eigenvalue weighted by Crippen LogP contribution is -2.19. The summed E-state index contributed by atoms with van der Waals surface area (Å²) in [6.07, 6.45) is 21.8. The summed E-state index contributed by atoms with van der Waals surface area (Å²) in [6, 6.07) is 0. The Labute approximate surface area is 222 Å². The highest BCUT2D eigenvalue weighted by Crippen LogP contribution is 2.40. The highest BCUT2D eigenvalue weighted by molar-refractivity contribution is 5.37. The van der Waals surface area contributed by atoms with Crippen LogP contribution < -0.4 is 0 Å². The molecular formula is C32H54O4. The van der Waals surface area contributed by atoms with E-state index in [0.29, 0.717) is 46.2 Å². The largest absolute Gasteiger partial charge is 0.379 e. The number of unbranched alkanes of at least 4 members (excludes halogenated alkanes) is 3. The van der Waals surface area contributed by atoms with Gasteiger partial charge in [-0.15, -0.1) is 0 Å². The number of rotatable bonds is 20. The van der Waals surface area contributed by atoms with Gasteiger partial charge in [0.15, 0.2) is 0 Å². The van der Waals surface area contributed by atoms with E-state index >= 15 is 0 Å². The first-order chi connectivity index (χ1) is 17.4. The van der Waals surface area contributed by atoms with Crippen molar-refractivity contribution < 1.29 is 18.9 Å². The van der Waals surface area contributed by atoms with Crippen molar-refractivity contribution in [3.05, 3.63) is 58.7 Å². The first-order valence-corrected chi connectivity index (χ1v) is 14.1. The standard InChI is InChI=1S/C32H54O4/c1-7-8-9-10-20-33-22-24-35-26-27-36-25-23-34-21-18-29(3)14-11-13-28(2)16-17-31-30(4)15-12-19-32(31,5)6/h11,13-14,16-18H,7-10,12,15,19-27H2,1-6H3/b14-11+,17-16+,28-13+,29-18+. The van der Waals surface area contributed by atoms with Gasteiger partial charge in [-0.3, -0.25) is 0 Å². The Morgan fingerprint density at radius 2 is 1.44 bits per heavy atom. The molecule has 0 bridgehead atoms. The maximum absolute atomic E-state index is 5.64. The summed E-state index contributed by atoms with van der Waals surface area (Å²) in [7, 11) is 0. The maximum atomic E-state index is 5.64. The summed E-state index contributed by atoms with van der Waals surface area (Å²) >= 11 is 0. The minimum Gasteiger partial charge on any atom is -0.379 e. The van der Waals surface area contributed by atoms with Crippen molar-refractivity contribution in [2.45, 2.75) is 86.5 Å². The average molecular weight is 503 g/mol. The molecule has 4 nitrogen and oxygen atoms in total. The zero-order valence-electron chi connectivity index (χ0n) is 24.2. The van der Waals surface area contributed by atoms with Crippen LogP contribution in [0.15, 0.2) is 58.7 Å². The van der Waals surface area contributed by atoms with Gasteiger partial charge in [-0.2, -0.15) is 0 Å². The second-order valence-corrected chi connectivity index (χ2v) is 10.5. The molecule has 0 aliphatic heterocycles. The summed E-state index contributed by atoms with van der Waals surface area (Å²) in [5.41, 5.74) is 5.78. The van der Waals surface area contributed by atoms with Gasteiger partial charge in [0.25, 0.3) is 0 Å².